The quantitative estimate of drug-likeness (QED) is 0.619. The highest BCUT2D eigenvalue weighted by Crippen LogP contribution is 2.20. The van der Waals surface area contributed by atoms with E-state index in [9.17, 15) is 4.79 Å². The lowest BCUT2D eigenvalue weighted by Gasteiger charge is -2.07. The Labute approximate surface area is 143 Å². The van der Waals surface area contributed by atoms with E-state index in [1.165, 1.54) is 18.6 Å². The number of nitrogens with zero attached hydrogens (tertiary/aromatic N) is 2. The van der Waals surface area contributed by atoms with Crippen molar-refractivity contribution in [1.82, 2.24) is 10.4 Å². The Kier molecular flexibility index (Phi) is 6.19. The van der Waals surface area contributed by atoms with Crippen LogP contribution in [0.1, 0.15) is 5.56 Å². The molecule has 2 N–H and O–H groups in total. The summed E-state index contributed by atoms with van der Waals surface area (Å²) >= 11 is 11.9. The molecule has 1 aromatic carbocycles. The molecule has 8 heteroatoms. The Morgan fingerprint density at radius 1 is 1.35 bits per heavy atom. The summed E-state index contributed by atoms with van der Waals surface area (Å²) in [7, 11) is 1.58. The van der Waals surface area contributed by atoms with Crippen molar-refractivity contribution in [1.29, 1.82) is 0 Å². The molecule has 1 amide bonds. The SMILES string of the molecule is COc1cccc(NCC(=O)N/N=C/c2c(Cl)cncc2Cl)c1. The number of rotatable bonds is 6. The molecule has 0 spiro atoms. The lowest BCUT2D eigenvalue weighted by atomic mass is 10.3. The number of benzene rings is 1. The lowest BCUT2D eigenvalue weighted by Crippen LogP contribution is -2.25. The summed E-state index contributed by atoms with van der Waals surface area (Å²) in [6, 6.07) is 7.26. The minimum Gasteiger partial charge on any atom is -0.497 e. The van der Waals surface area contributed by atoms with Crippen LogP contribution in [-0.2, 0) is 4.79 Å². The number of hydrogen-bond acceptors (Lipinski definition) is 5. The number of aromatic nitrogens is 1. The molecule has 2 rings (SSSR count). The number of carbonyl (C=O) groups is 1. The molecule has 23 heavy (non-hydrogen) atoms. The van der Waals surface area contributed by atoms with Gasteiger partial charge in [-0.2, -0.15) is 5.10 Å². The molecule has 0 aliphatic carbocycles. The zero-order valence-electron chi connectivity index (χ0n) is 12.2. The van der Waals surface area contributed by atoms with Crippen LogP contribution in [0, 0.1) is 0 Å². The fourth-order valence-corrected chi connectivity index (χ4v) is 2.13. The van der Waals surface area contributed by atoms with Crippen molar-refractivity contribution >= 4 is 41.0 Å². The first-order valence-electron chi connectivity index (χ1n) is 6.59. The summed E-state index contributed by atoms with van der Waals surface area (Å²) < 4.78 is 5.10. The molecule has 0 atom stereocenters. The summed E-state index contributed by atoms with van der Waals surface area (Å²) in [5.41, 5.74) is 3.64. The Hall–Kier alpha value is -2.31. The second-order valence-corrected chi connectivity index (χ2v) is 5.21. The first-order chi connectivity index (χ1) is 11.1. The fraction of sp³-hybridized carbons (Fsp3) is 0.133. The van der Waals surface area contributed by atoms with Crippen LogP contribution in [0.3, 0.4) is 0 Å². The van der Waals surface area contributed by atoms with Gasteiger partial charge in [-0.3, -0.25) is 9.78 Å². The Morgan fingerprint density at radius 3 is 2.78 bits per heavy atom. The molecule has 2 aromatic rings. The van der Waals surface area contributed by atoms with Crippen LogP contribution in [0.2, 0.25) is 10.0 Å². The molecule has 1 aromatic heterocycles. The monoisotopic (exact) mass is 352 g/mol. The first kappa shape index (κ1) is 17.1. The van der Waals surface area contributed by atoms with Gasteiger partial charge in [0.2, 0.25) is 0 Å². The van der Waals surface area contributed by atoms with Crippen molar-refractivity contribution in [2.45, 2.75) is 0 Å². The summed E-state index contributed by atoms with van der Waals surface area (Å²) in [6.07, 6.45) is 4.26. The van der Waals surface area contributed by atoms with E-state index in [1.807, 2.05) is 18.2 Å². The van der Waals surface area contributed by atoms with E-state index in [1.54, 1.807) is 13.2 Å². The second-order valence-electron chi connectivity index (χ2n) is 4.40. The maximum absolute atomic E-state index is 11.7. The predicted octanol–water partition coefficient (Wildman–Crippen LogP) is 2.96. The van der Waals surface area contributed by atoms with Gasteiger partial charge in [0.05, 0.1) is 29.9 Å². The molecule has 6 nitrogen and oxygen atoms in total. The maximum atomic E-state index is 11.7. The number of methoxy groups -OCH3 is 1. The average molecular weight is 353 g/mol. The number of carbonyl (C=O) groups excluding carboxylic acids is 1. The topological polar surface area (TPSA) is 75.6 Å². The van der Waals surface area contributed by atoms with Gasteiger partial charge in [0.25, 0.3) is 5.91 Å². The summed E-state index contributed by atoms with van der Waals surface area (Å²) in [5.74, 6) is 0.390. The first-order valence-corrected chi connectivity index (χ1v) is 7.34. The van der Waals surface area contributed by atoms with Gasteiger partial charge in [-0.15, -0.1) is 0 Å². The van der Waals surface area contributed by atoms with Crippen LogP contribution in [0.15, 0.2) is 41.8 Å². The predicted molar refractivity (Wildman–Crippen MR) is 91.5 cm³/mol. The number of amides is 1. The molecule has 0 radical (unpaired) electrons. The van der Waals surface area contributed by atoms with Gasteiger partial charge in [-0.1, -0.05) is 29.3 Å². The maximum Gasteiger partial charge on any atom is 0.259 e. The molecule has 0 aliphatic rings. The summed E-state index contributed by atoms with van der Waals surface area (Å²) in [4.78, 5) is 15.6. The van der Waals surface area contributed by atoms with E-state index in [0.717, 1.165) is 5.69 Å². The van der Waals surface area contributed by atoms with E-state index < -0.39 is 0 Å². The van der Waals surface area contributed by atoms with Gasteiger partial charge < -0.3 is 10.1 Å². The van der Waals surface area contributed by atoms with E-state index in [2.05, 4.69) is 20.8 Å². The fourth-order valence-electron chi connectivity index (χ4n) is 1.67. The molecule has 0 fully saturated rings. The van der Waals surface area contributed by atoms with Gasteiger partial charge in [0.15, 0.2) is 0 Å². The standard InChI is InChI=1S/C15H14Cl2N4O2/c1-23-11-4-2-3-10(5-11)19-9-15(22)21-20-6-12-13(16)7-18-8-14(12)17/h2-8,19H,9H2,1H3,(H,21,22)/b20-6+. The van der Waals surface area contributed by atoms with Crippen LogP contribution in [0.5, 0.6) is 5.75 Å². The average Bonchev–Trinajstić information content (AvgIpc) is 2.56. The van der Waals surface area contributed by atoms with Crippen LogP contribution in [-0.4, -0.2) is 30.8 Å². The molecular weight excluding hydrogens is 339 g/mol. The zero-order chi connectivity index (χ0) is 16.7. The number of nitrogens with one attached hydrogen (secondary N) is 2. The van der Waals surface area contributed by atoms with Crippen LogP contribution < -0.4 is 15.5 Å². The number of halogens is 2. The zero-order valence-corrected chi connectivity index (χ0v) is 13.7. The molecule has 0 saturated heterocycles. The second kappa shape index (κ2) is 8.36. The third-order valence-corrected chi connectivity index (χ3v) is 3.40. The highest BCUT2D eigenvalue weighted by atomic mass is 35.5. The minimum absolute atomic E-state index is 0.0579. The largest absolute Gasteiger partial charge is 0.497 e. The van der Waals surface area contributed by atoms with Crippen molar-refractivity contribution in [3.05, 3.63) is 52.3 Å². The van der Waals surface area contributed by atoms with Crippen molar-refractivity contribution in [2.24, 2.45) is 5.10 Å². The number of anilines is 1. The lowest BCUT2D eigenvalue weighted by molar-refractivity contribution is -0.119. The van der Waals surface area contributed by atoms with Crippen molar-refractivity contribution < 1.29 is 9.53 Å². The molecule has 120 valence electrons. The van der Waals surface area contributed by atoms with Gasteiger partial charge in [0, 0.05) is 29.7 Å². The van der Waals surface area contributed by atoms with Crippen LogP contribution >= 0.6 is 23.2 Å². The molecule has 0 unspecified atom stereocenters. The van der Waals surface area contributed by atoms with Crippen molar-refractivity contribution in [2.75, 3.05) is 19.0 Å². The van der Waals surface area contributed by atoms with Gasteiger partial charge in [0.1, 0.15) is 5.75 Å². The van der Waals surface area contributed by atoms with E-state index in [-0.39, 0.29) is 12.5 Å². The van der Waals surface area contributed by atoms with Crippen molar-refractivity contribution in [3.8, 4) is 5.75 Å². The van der Waals surface area contributed by atoms with Crippen LogP contribution in [0.4, 0.5) is 5.69 Å². The highest BCUT2D eigenvalue weighted by molar-refractivity contribution is 6.38. The Morgan fingerprint density at radius 2 is 2.09 bits per heavy atom. The molecule has 0 aliphatic heterocycles. The van der Waals surface area contributed by atoms with Gasteiger partial charge in [-0.05, 0) is 12.1 Å². The molecule has 0 bridgehead atoms. The third-order valence-electron chi connectivity index (χ3n) is 2.80. The number of hydrazone groups is 1. The number of ether oxygens (including phenoxy) is 1. The highest BCUT2D eigenvalue weighted by Gasteiger charge is 2.04. The van der Waals surface area contributed by atoms with Crippen LogP contribution in [0.25, 0.3) is 0 Å². The van der Waals surface area contributed by atoms with Crippen molar-refractivity contribution in [3.63, 3.8) is 0 Å². The summed E-state index contributed by atoms with van der Waals surface area (Å²) in [5, 5.41) is 7.49. The minimum atomic E-state index is -0.314. The number of pyridine rings is 1. The third kappa shape index (κ3) is 5.12. The van der Waals surface area contributed by atoms with Gasteiger partial charge in [-0.25, -0.2) is 5.43 Å². The van der Waals surface area contributed by atoms with E-state index >= 15 is 0 Å². The Balaban J connectivity index is 1.86. The van der Waals surface area contributed by atoms with E-state index in [4.69, 9.17) is 27.9 Å². The normalized spacial score (nSPS) is 10.6. The van der Waals surface area contributed by atoms with E-state index in [0.29, 0.717) is 21.4 Å². The molecule has 1 heterocycles. The van der Waals surface area contributed by atoms with Gasteiger partial charge >= 0.3 is 0 Å². The molecule has 0 saturated carbocycles. The smallest absolute Gasteiger partial charge is 0.259 e. The molecular formula is C15H14Cl2N4O2. The summed E-state index contributed by atoms with van der Waals surface area (Å²) in [6.45, 7) is 0.0579. The Bertz CT molecular complexity index is 702. The number of hydrogen-bond donors (Lipinski definition) is 2.